The summed E-state index contributed by atoms with van der Waals surface area (Å²) in [7, 11) is 0. The van der Waals surface area contributed by atoms with Crippen LogP contribution in [-0.2, 0) is 4.74 Å². The van der Waals surface area contributed by atoms with E-state index < -0.39 is 5.54 Å². The van der Waals surface area contributed by atoms with Gasteiger partial charge in [0.1, 0.15) is 0 Å². The first kappa shape index (κ1) is 8.88. The van der Waals surface area contributed by atoms with Gasteiger partial charge in [0.25, 0.3) is 0 Å². The molecule has 56 valence electrons. The monoisotopic (exact) mass is 133 g/mol. The largest absolute Gasteiger partial charge is 0.394 e. The molecule has 0 bridgehead atoms. The van der Waals surface area contributed by atoms with Gasteiger partial charge in [-0.05, 0) is 0 Å². The molecular formula is C6H15NO2. The van der Waals surface area contributed by atoms with Crippen LogP contribution in [0.1, 0.15) is 13.8 Å². The third-order valence-electron chi connectivity index (χ3n) is 1.09. The first-order valence-corrected chi connectivity index (χ1v) is 3.24. The number of ether oxygens (including phenoxy) is 1. The number of hydrogen-bond acceptors (Lipinski definition) is 3. The molecule has 1 rings (SSSR count). The zero-order valence-corrected chi connectivity index (χ0v) is 6.05. The van der Waals surface area contributed by atoms with E-state index in [2.05, 4.69) is 0 Å². The van der Waals surface area contributed by atoms with Crippen LogP contribution < -0.4 is 5.73 Å². The number of aliphatic hydroxyl groups is 1. The Labute approximate surface area is 55.8 Å². The highest BCUT2D eigenvalue weighted by atomic mass is 16.5. The van der Waals surface area contributed by atoms with Crippen LogP contribution in [0, 0.1) is 0 Å². The van der Waals surface area contributed by atoms with Gasteiger partial charge < -0.3 is 15.6 Å². The van der Waals surface area contributed by atoms with Crippen molar-refractivity contribution < 1.29 is 9.84 Å². The van der Waals surface area contributed by atoms with Crippen LogP contribution in [0.4, 0.5) is 0 Å². The van der Waals surface area contributed by atoms with Crippen molar-refractivity contribution in [2.75, 3.05) is 19.8 Å². The molecule has 1 fully saturated rings. The Morgan fingerprint density at radius 1 is 1.56 bits per heavy atom. The molecule has 0 aromatic carbocycles. The minimum atomic E-state index is -0.403. The molecule has 1 aliphatic heterocycles. The topological polar surface area (TPSA) is 55.5 Å². The summed E-state index contributed by atoms with van der Waals surface area (Å²) in [6.07, 6.45) is 0. The van der Waals surface area contributed by atoms with Gasteiger partial charge in [0.15, 0.2) is 0 Å². The van der Waals surface area contributed by atoms with Crippen molar-refractivity contribution in [2.24, 2.45) is 5.73 Å². The fraction of sp³-hybridized carbons (Fsp3) is 1.00. The van der Waals surface area contributed by atoms with E-state index in [9.17, 15) is 0 Å². The van der Waals surface area contributed by atoms with Crippen LogP contribution in [0.5, 0.6) is 0 Å². The second kappa shape index (κ2) is 3.82. The standard InChI is InChI=1S/C4H9NO2.C2H6/c5-4(1-6)2-7-3-4;1-2/h6H,1-3,5H2;1-2H3. The first-order valence-electron chi connectivity index (χ1n) is 3.24. The number of rotatable bonds is 1. The second-order valence-corrected chi connectivity index (χ2v) is 2.01. The fourth-order valence-corrected chi connectivity index (χ4v) is 0.456. The Balaban J connectivity index is 0.000000291. The molecular weight excluding hydrogens is 118 g/mol. The Morgan fingerprint density at radius 2 is 2.00 bits per heavy atom. The van der Waals surface area contributed by atoms with Crippen LogP contribution in [0.15, 0.2) is 0 Å². The highest BCUT2D eigenvalue weighted by Crippen LogP contribution is 2.10. The summed E-state index contributed by atoms with van der Waals surface area (Å²) in [6, 6.07) is 0. The molecule has 0 amide bonds. The van der Waals surface area contributed by atoms with E-state index in [1.165, 1.54) is 0 Å². The summed E-state index contributed by atoms with van der Waals surface area (Å²) < 4.78 is 4.74. The summed E-state index contributed by atoms with van der Waals surface area (Å²) in [5.74, 6) is 0. The lowest BCUT2D eigenvalue weighted by Gasteiger charge is -2.35. The normalized spacial score (nSPS) is 21.3. The summed E-state index contributed by atoms with van der Waals surface area (Å²) in [5, 5.41) is 8.44. The Hall–Kier alpha value is -0.120. The van der Waals surface area contributed by atoms with E-state index in [0.29, 0.717) is 13.2 Å². The van der Waals surface area contributed by atoms with Crippen LogP contribution in [-0.4, -0.2) is 30.5 Å². The molecule has 0 aromatic heterocycles. The zero-order valence-electron chi connectivity index (χ0n) is 6.05. The van der Waals surface area contributed by atoms with Crippen molar-refractivity contribution in [2.45, 2.75) is 19.4 Å². The van der Waals surface area contributed by atoms with Crippen molar-refractivity contribution in [1.82, 2.24) is 0 Å². The molecule has 0 saturated carbocycles. The summed E-state index contributed by atoms with van der Waals surface area (Å²) >= 11 is 0. The highest BCUT2D eigenvalue weighted by molar-refractivity contribution is 4.89. The molecule has 1 saturated heterocycles. The molecule has 0 unspecified atom stereocenters. The lowest BCUT2D eigenvalue weighted by Crippen LogP contribution is -2.60. The Kier molecular flexibility index (Phi) is 3.77. The van der Waals surface area contributed by atoms with Gasteiger partial charge in [0.05, 0.1) is 25.4 Å². The van der Waals surface area contributed by atoms with Gasteiger partial charge >= 0.3 is 0 Å². The van der Waals surface area contributed by atoms with Gasteiger partial charge in [0.2, 0.25) is 0 Å². The van der Waals surface area contributed by atoms with Crippen molar-refractivity contribution >= 4 is 0 Å². The lowest BCUT2D eigenvalue weighted by atomic mass is 10.0. The maximum atomic E-state index is 8.44. The lowest BCUT2D eigenvalue weighted by molar-refractivity contribution is -0.0768. The van der Waals surface area contributed by atoms with Crippen LogP contribution in [0.2, 0.25) is 0 Å². The van der Waals surface area contributed by atoms with E-state index in [4.69, 9.17) is 15.6 Å². The Bertz CT molecular complexity index is 65.9. The summed E-state index contributed by atoms with van der Waals surface area (Å²) in [4.78, 5) is 0. The smallest absolute Gasteiger partial charge is 0.0862 e. The maximum Gasteiger partial charge on any atom is 0.0862 e. The van der Waals surface area contributed by atoms with Gasteiger partial charge in [-0.25, -0.2) is 0 Å². The first-order chi connectivity index (χ1) is 4.27. The molecule has 3 N–H and O–H groups in total. The molecule has 1 aliphatic rings. The number of nitrogens with two attached hydrogens (primary N) is 1. The highest BCUT2D eigenvalue weighted by Gasteiger charge is 2.32. The van der Waals surface area contributed by atoms with E-state index in [1.54, 1.807) is 0 Å². The predicted molar refractivity (Wildman–Crippen MR) is 36.2 cm³/mol. The molecule has 0 aliphatic carbocycles. The zero-order chi connectivity index (χ0) is 7.33. The maximum absolute atomic E-state index is 8.44. The van der Waals surface area contributed by atoms with E-state index in [-0.39, 0.29) is 6.61 Å². The quantitative estimate of drug-likeness (QED) is 0.518. The van der Waals surface area contributed by atoms with Gasteiger partial charge in [0, 0.05) is 0 Å². The third-order valence-corrected chi connectivity index (χ3v) is 1.09. The van der Waals surface area contributed by atoms with Crippen LogP contribution in [0.25, 0.3) is 0 Å². The second-order valence-electron chi connectivity index (χ2n) is 2.01. The van der Waals surface area contributed by atoms with Gasteiger partial charge in [-0.1, -0.05) is 13.8 Å². The average Bonchev–Trinajstić information content (AvgIpc) is 1.88. The summed E-state index contributed by atoms with van der Waals surface area (Å²) in [5.41, 5.74) is 5.02. The van der Waals surface area contributed by atoms with Gasteiger partial charge in [-0.2, -0.15) is 0 Å². The van der Waals surface area contributed by atoms with E-state index >= 15 is 0 Å². The fourth-order valence-electron chi connectivity index (χ4n) is 0.456. The van der Waals surface area contributed by atoms with Crippen LogP contribution >= 0.6 is 0 Å². The minimum Gasteiger partial charge on any atom is -0.394 e. The van der Waals surface area contributed by atoms with Crippen molar-refractivity contribution in [3.8, 4) is 0 Å². The van der Waals surface area contributed by atoms with E-state index in [0.717, 1.165) is 0 Å². The molecule has 0 radical (unpaired) electrons. The molecule has 0 spiro atoms. The molecule has 9 heavy (non-hydrogen) atoms. The van der Waals surface area contributed by atoms with Crippen molar-refractivity contribution in [3.63, 3.8) is 0 Å². The molecule has 1 heterocycles. The third kappa shape index (κ3) is 2.30. The Morgan fingerprint density at radius 3 is 2.00 bits per heavy atom. The van der Waals surface area contributed by atoms with Gasteiger partial charge in [-0.15, -0.1) is 0 Å². The molecule has 0 atom stereocenters. The number of hydrogen-bond donors (Lipinski definition) is 2. The van der Waals surface area contributed by atoms with E-state index in [1.807, 2.05) is 13.8 Å². The molecule has 0 aromatic rings. The SMILES string of the molecule is CC.NC1(CO)COC1. The molecule has 3 nitrogen and oxygen atoms in total. The molecule has 3 heteroatoms. The van der Waals surface area contributed by atoms with Crippen molar-refractivity contribution in [3.05, 3.63) is 0 Å². The average molecular weight is 133 g/mol. The summed E-state index contributed by atoms with van der Waals surface area (Å²) in [6.45, 7) is 5.04. The minimum absolute atomic E-state index is 0.0347. The van der Waals surface area contributed by atoms with Crippen LogP contribution in [0.3, 0.4) is 0 Å². The number of aliphatic hydroxyl groups excluding tert-OH is 1. The predicted octanol–water partition coefficient (Wildman–Crippen LogP) is -0.267. The van der Waals surface area contributed by atoms with Gasteiger partial charge in [-0.3, -0.25) is 0 Å². The van der Waals surface area contributed by atoms with Crippen molar-refractivity contribution in [1.29, 1.82) is 0 Å².